The first-order valence-corrected chi connectivity index (χ1v) is 6.37. The zero-order valence-corrected chi connectivity index (χ0v) is 10.9. The van der Waals surface area contributed by atoms with Gasteiger partial charge in [-0.15, -0.1) is 0 Å². The summed E-state index contributed by atoms with van der Waals surface area (Å²) < 4.78 is 197. The number of hydrogen-bond acceptors (Lipinski definition) is 2. The molecule has 17 heteroatoms. The lowest BCUT2D eigenvalue weighted by Crippen LogP contribution is -2.87. The van der Waals surface area contributed by atoms with Crippen molar-refractivity contribution in [2.75, 3.05) is 0 Å². The van der Waals surface area contributed by atoms with Gasteiger partial charge in [0.25, 0.3) is 0 Å². The van der Waals surface area contributed by atoms with Crippen molar-refractivity contribution >= 4 is 10.1 Å². The van der Waals surface area contributed by atoms with Gasteiger partial charge in [0.15, 0.2) is 0 Å². The molecule has 0 heterocycles. The largest absolute Gasteiger partial charge is 0.415 e. The molecule has 1 N–H and O–H groups in total. The lowest BCUT2D eigenvalue weighted by molar-refractivity contribution is -0.499. The summed E-state index contributed by atoms with van der Waals surface area (Å²) in [5.41, 5.74) is -8.14. The molecule has 1 aliphatic rings. The summed E-state index contributed by atoms with van der Waals surface area (Å²) in [5, 5.41) is -7.74. The van der Waals surface area contributed by atoms with Crippen LogP contribution in [0.1, 0.15) is 0 Å². The Bertz CT molecular complexity index is 620. The minimum Gasteiger partial charge on any atom is -0.281 e. The fourth-order valence-corrected chi connectivity index (χ4v) is 2.38. The van der Waals surface area contributed by atoms with Crippen LogP contribution in [0.4, 0.5) is 57.1 Å². The number of alkyl halides is 13. The van der Waals surface area contributed by atoms with Crippen LogP contribution in [0.2, 0.25) is 0 Å². The van der Waals surface area contributed by atoms with Crippen LogP contribution in [0.5, 0.6) is 0 Å². The highest BCUT2D eigenvalue weighted by Gasteiger charge is 3.06. The van der Waals surface area contributed by atoms with E-state index >= 15 is 0 Å². The van der Waals surface area contributed by atoms with Crippen LogP contribution in [-0.2, 0) is 10.1 Å². The first kappa shape index (κ1) is 21.0. The van der Waals surface area contributed by atoms with Crippen LogP contribution in [0.15, 0.2) is 0 Å². The van der Waals surface area contributed by atoms with Gasteiger partial charge < -0.3 is 0 Å². The molecule has 0 spiro atoms. The van der Waals surface area contributed by atoms with E-state index in [0.717, 1.165) is 0 Å². The fraction of sp³-hybridized carbons (Fsp3) is 1.00. The van der Waals surface area contributed by atoms with E-state index in [1.807, 2.05) is 0 Å². The second-order valence-corrected chi connectivity index (χ2v) is 5.99. The minimum absolute atomic E-state index is 7.74. The van der Waals surface area contributed by atoms with Crippen molar-refractivity contribution in [2.45, 2.75) is 40.5 Å². The third-order valence-electron chi connectivity index (χ3n) is 3.17. The molecule has 0 aromatic heterocycles. The Labute approximate surface area is 122 Å². The zero-order valence-electron chi connectivity index (χ0n) is 10.1. The van der Waals surface area contributed by atoms with E-state index in [1.54, 1.807) is 0 Å². The Morgan fingerprint density at radius 3 is 1.00 bits per heavy atom. The molecule has 0 radical (unpaired) electrons. The fourth-order valence-electron chi connectivity index (χ4n) is 1.76. The van der Waals surface area contributed by atoms with E-state index in [0.29, 0.717) is 0 Å². The van der Waals surface area contributed by atoms with Gasteiger partial charge >= 0.3 is 50.7 Å². The molecule has 1 rings (SSSR count). The van der Waals surface area contributed by atoms with E-state index in [9.17, 15) is 65.5 Å². The van der Waals surface area contributed by atoms with E-state index < -0.39 is 50.7 Å². The topological polar surface area (TPSA) is 54.4 Å². The molecular weight excluding hydrogens is 411 g/mol. The quantitative estimate of drug-likeness (QED) is 0.559. The van der Waals surface area contributed by atoms with Gasteiger partial charge in [0.05, 0.1) is 0 Å². The van der Waals surface area contributed by atoms with Crippen LogP contribution in [0.3, 0.4) is 0 Å². The maximum Gasteiger partial charge on any atom is 0.415 e. The van der Waals surface area contributed by atoms with Crippen LogP contribution >= 0.6 is 0 Å². The normalized spacial score (nSPS) is 29.9. The lowest BCUT2D eigenvalue weighted by atomic mass is 9.72. The molecule has 0 aromatic carbocycles. The molecule has 1 aliphatic carbocycles. The van der Waals surface area contributed by atoms with Gasteiger partial charge in [-0.2, -0.15) is 61.1 Å². The van der Waals surface area contributed by atoms with Crippen molar-refractivity contribution in [3.05, 3.63) is 0 Å². The van der Waals surface area contributed by atoms with Crippen LogP contribution in [-0.4, -0.2) is 53.5 Å². The van der Waals surface area contributed by atoms with Gasteiger partial charge in [0, 0.05) is 0 Å². The van der Waals surface area contributed by atoms with Crippen molar-refractivity contribution in [3.8, 4) is 0 Å². The number of rotatable bonds is 2. The van der Waals surface area contributed by atoms with E-state index in [4.69, 9.17) is 4.55 Å². The maximum absolute atomic E-state index is 13.7. The second-order valence-electron chi connectivity index (χ2n) is 4.52. The number of hydrogen-bond donors (Lipinski definition) is 1. The summed E-state index contributed by atoms with van der Waals surface area (Å²) in [4.78, 5) is 0. The summed E-state index contributed by atoms with van der Waals surface area (Å²) in [6.07, 6.45) is 0. The molecule has 0 atom stereocenters. The van der Waals surface area contributed by atoms with Crippen molar-refractivity contribution < 1.29 is 70.0 Å². The Morgan fingerprint density at radius 1 is 0.583 bits per heavy atom. The average Bonchev–Trinajstić information content (AvgIpc) is 2.33. The third kappa shape index (κ3) is 1.67. The molecule has 0 unspecified atom stereocenters. The van der Waals surface area contributed by atoms with Crippen molar-refractivity contribution in [1.29, 1.82) is 0 Å². The van der Waals surface area contributed by atoms with Gasteiger partial charge in [-0.25, -0.2) is 4.39 Å². The smallest absolute Gasteiger partial charge is 0.281 e. The van der Waals surface area contributed by atoms with Gasteiger partial charge in [-0.1, -0.05) is 0 Å². The molecule has 0 bridgehead atoms. The predicted molar refractivity (Wildman–Crippen MR) is 45.1 cm³/mol. The third-order valence-corrected chi connectivity index (χ3v) is 4.10. The number of halogens is 13. The highest BCUT2D eigenvalue weighted by Crippen LogP contribution is 2.72. The van der Waals surface area contributed by atoms with Gasteiger partial charge in [0.1, 0.15) is 0 Å². The van der Waals surface area contributed by atoms with Gasteiger partial charge in [-0.05, 0) is 0 Å². The standard InChI is InChI=1S/C7HF13O3S/c8-1(7(19,20)24(21,22)23)2(9,10)4(13,14)6(17,18)5(15,16)3(1,11)12/h(H,21,22,23). The van der Waals surface area contributed by atoms with Crippen LogP contribution in [0.25, 0.3) is 0 Å². The van der Waals surface area contributed by atoms with E-state index in [2.05, 4.69) is 0 Å². The summed E-state index contributed by atoms with van der Waals surface area (Å²) >= 11 is 0. The zero-order chi connectivity index (χ0) is 20.0. The average molecular weight is 412 g/mol. The second kappa shape index (κ2) is 4.39. The lowest BCUT2D eigenvalue weighted by Gasteiger charge is -2.53. The summed E-state index contributed by atoms with van der Waals surface area (Å²) in [7, 11) is -7.82. The van der Waals surface area contributed by atoms with Crippen molar-refractivity contribution in [3.63, 3.8) is 0 Å². The molecule has 0 saturated heterocycles. The molecule has 0 aliphatic heterocycles. The SMILES string of the molecule is O=S(=O)(O)C(F)(F)C1(F)C(F)(F)C(F)(F)C(F)(F)C(F)(F)C1(F)F. The van der Waals surface area contributed by atoms with E-state index in [1.165, 1.54) is 0 Å². The Morgan fingerprint density at radius 2 is 0.792 bits per heavy atom. The van der Waals surface area contributed by atoms with Crippen LogP contribution in [0, 0.1) is 0 Å². The first-order valence-electron chi connectivity index (χ1n) is 4.93. The molecule has 144 valence electrons. The monoisotopic (exact) mass is 412 g/mol. The molecule has 3 nitrogen and oxygen atoms in total. The van der Waals surface area contributed by atoms with Gasteiger partial charge in [-0.3, -0.25) is 4.55 Å². The minimum atomic E-state index is -8.14. The van der Waals surface area contributed by atoms with Crippen LogP contribution < -0.4 is 0 Å². The maximum atomic E-state index is 13.7. The Kier molecular flexibility index (Phi) is 3.85. The highest BCUT2D eigenvalue weighted by molar-refractivity contribution is 7.87. The Balaban J connectivity index is 4.11. The van der Waals surface area contributed by atoms with Gasteiger partial charge in [0.2, 0.25) is 0 Å². The molecule has 1 fully saturated rings. The predicted octanol–water partition coefficient (Wildman–Crippen LogP) is 3.37. The molecule has 0 aromatic rings. The summed E-state index contributed by atoms with van der Waals surface area (Å²) in [5.74, 6) is -39.7. The first-order chi connectivity index (χ1) is 10.0. The molecule has 1 saturated carbocycles. The molecular formula is C7HF13O3S. The highest BCUT2D eigenvalue weighted by atomic mass is 32.2. The molecule has 0 amide bonds. The summed E-state index contributed by atoms with van der Waals surface area (Å²) in [6.45, 7) is 0. The summed E-state index contributed by atoms with van der Waals surface area (Å²) in [6, 6.07) is 0. The Hall–Kier alpha value is -1.00. The van der Waals surface area contributed by atoms with Crippen molar-refractivity contribution in [1.82, 2.24) is 0 Å². The molecule has 24 heavy (non-hydrogen) atoms. The van der Waals surface area contributed by atoms with Crippen molar-refractivity contribution in [2.24, 2.45) is 0 Å². The van der Waals surface area contributed by atoms with E-state index in [-0.39, 0.29) is 0 Å².